The zero-order chi connectivity index (χ0) is 17.3. The summed E-state index contributed by atoms with van der Waals surface area (Å²) in [5.41, 5.74) is 0. The van der Waals surface area contributed by atoms with Crippen molar-refractivity contribution in [3.05, 3.63) is 23.8 Å². The number of alkyl halides is 10. The van der Waals surface area contributed by atoms with Gasteiger partial charge in [-0.05, 0) is 0 Å². The van der Waals surface area contributed by atoms with Crippen LogP contribution in [0.15, 0.2) is 23.8 Å². The molecule has 0 aromatic rings. The van der Waals surface area contributed by atoms with Gasteiger partial charge < -0.3 is 0 Å². The first-order valence-corrected chi connectivity index (χ1v) is 4.33. The third-order valence-corrected chi connectivity index (χ3v) is 1.39. The first-order valence-electron chi connectivity index (χ1n) is 4.33. The zero-order valence-electron chi connectivity index (χ0n) is 9.10. The highest BCUT2D eigenvalue weighted by molar-refractivity contribution is 5.08. The number of hydrogen-bond acceptors (Lipinski definition) is 1. The Morgan fingerprint density at radius 3 is 1.00 bits per heavy atom. The minimum atomic E-state index is -6.02. The molecule has 124 valence electrons. The van der Waals surface area contributed by atoms with Crippen LogP contribution in [-0.2, 0) is 4.74 Å². The number of allylic oxidation sites excluding steroid dienone is 2. The normalized spacial score (nSPS) is 16.4. The third-order valence-electron chi connectivity index (χ3n) is 1.39. The molecule has 0 aliphatic rings. The lowest BCUT2D eigenvalue weighted by Gasteiger charge is -2.21. The average Bonchev–Trinajstić information content (AvgIpc) is 2.09. The Morgan fingerprint density at radius 1 is 0.571 bits per heavy atom. The van der Waals surface area contributed by atoms with Gasteiger partial charge in [0.1, 0.15) is 0 Å². The molecule has 13 heteroatoms. The molecular weight excluding hydrogens is 340 g/mol. The van der Waals surface area contributed by atoms with Crippen LogP contribution in [0.25, 0.3) is 0 Å². The molecule has 0 aromatic heterocycles. The summed E-state index contributed by atoms with van der Waals surface area (Å²) in [4.78, 5) is 0. The van der Waals surface area contributed by atoms with Crippen LogP contribution in [0.1, 0.15) is 0 Å². The van der Waals surface area contributed by atoms with Crippen molar-refractivity contribution in [3.63, 3.8) is 0 Å². The summed E-state index contributed by atoms with van der Waals surface area (Å²) in [6, 6.07) is 0. The van der Waals surface area contributed by atoms with Gasteiger partial charge in [0.15, 0.2) is 0 Å². The van der Waals surface area contributed by atoms with Crippen molar-refractivity contribution in [2.75, 3.05) is 0 Å². The maximum Gasteiger partial charge on any atom is 0.414 e. The standard InChI is InChI=1S/C8H2F12O/c9-3(1-5(11,12)13)7(17,18)21-8(19,20)4(10)2-6(14,15)16/h1-2H. The predicted octanol–water partition coefficient (Wildman–Crippen LogP) is 5.02. The van der Waals surface area contributed by atoms with Crippen LogP contribution in [0, 0.1) is 0 Å². The predicted molar refractivity (Wildman–Crippen MR) is 41.5 cm³/mol. The number of hydrogen-bond donors (Lipinski definition) is 0. The molecule has 0 unspecified atom stereocenters. The van der Waals surface area contributed by atoms with E-state index < -0.39 is 48.4 Å². The lowest BCUT2D eigenvalue weighted by atomic mass is 10.4. The Morgan fingerprint density at radius 2 is 0.810 bits per heavy atom. The molecule has 1 nitrogen and oxygen atoms in total. The van der Waals surface area contributed by atoms with Crippen LogP contribution < -0.4 is 0 Å². The van der Waals surface area contributed by atoms with Crippen LogP contribution in [0.4, 0.5) is 52.7 Å². The van der Waals surface area contributed by atoms with Gasteiger partial charge in [0.05, 0.1) is 12.2 Å². The van der Waals surface area contributed by atoms with E-state index in [0.717, 1.165) is 0 Å². The Hall–Kier alpha value is -1.40. The molecule has 0 atom stereocenters. The Bertz CT molecular complexity index is 386. The molecule has 21 heavy (non-hydrogen) atoms. The number of ether oxygens (including phenoxy) is 1. The van der Waals surface area contributed by atoms with E-state index in [1.54, 1.807) is 0 Å². The van der Waals surface area contributed by atoms with Gasteiger partial charge in [-0.3, -0.25) is 0 Å². The van der Waals surface area contributed by atoms with Crippen molar-refractivity contribution in [2.24, 2.45) is 0 Å². The van der Waals surface area contributed by atoms with Gasteiger partial charge >= 0.3 is 24.6 Å². The van der Waals surface area contributed by atoms with Gasteiger partial charge in [0, 0.05) is 0 Å². The topological polar surface area (TPSA) is 9.23 Å². The Balaban J connectivity index is 5.34. The summed E-state index contributed by atoms with van der Waals surface area (Å²) in [6.45, 7) is 0. The fraction of sp³-hybridized carbons (Fsp3) is 0.500. The molecule has 0 aromatic carbocycles. The molecule has 0 bridgehead atoms. The van der Waals surface area contributed by atoms with Gasteiger partial charge in [-0.2, -0.15) is 43.9 Å². The maximum absolute atomic E-state index is 12.5. The lowest BCUT2D eigenvalue weighted by Crippen LogP contribution is -2.35. The second kappa shape index (κ2) is 5.77. The highest BCUT2D eigenvalue weighted by Gasteiger charge is 2.52. The molecule has 0 spiro atoms. The van der Waals surface area contributed by atoms with Gasteiger partial charge in [-0.25, -0.2) is 13.5 Å². The minimum absolute atomic E-state index is 1.78. The van der Waals surface area contributed by atoms with E-state index in [4.69, 9.17) is 0 Å². The summed E-state index contributed by atoms with van der Waals surface area (Å²) in [6.07, 6.45) is -27.0. The van der Waals surface area contributed by atoms with E-state index in [2.05, 4.69) is 4.74 Å². The molecule has 0 amide bonds. The van der Waals surface area contributed by atoms with Crippen molar-refractivity contribution in [2.45, 2.75) is 24.6 Å². The summed E-state index contributed by atoms with van der Waals surface area (Å²) in [5, 5.41) is 0. The molecule has 0 aliphatic heterocycles. The van der Waals surface area contributed by atoms with Crippen LogP contribution in [0.3, 0.4) is 0 Å². The quantitative estimate of drug-likeness (QED) is 0.652. The molecule has 0 saturated heterocycles. The van der Waals surface area contributed by atoms with Crippen molar-refractivity contribution >= 4 is 0 Å². The van der Waals surface area contributed by atoms with Gasteiger partial charge in [0.2, 0.25) is 11.7 Å². The van der Waals surface area contributed by atoms with E-state index in [0.29, 0.717) is 0 Å². The monoisotopic (exact) mass is 342 g/mol. The van der Waals surface area contributed by atoms with Gasteiger partial charge in [-0.1, -0.05) is 0 Å². The molecule has 0 heterocycles. The SMILES string of the molecule is FC(=CC(F)(F)F)C(F)(F)OC(F)(F)C(F)=CC(F)(F)F. The van der Waals surface area contributed by atoms with E-state index in [1.807, 2.05) is 0 Å². The highest BCUT2D eigenvalue weighted by Crippen LogP contribution is 2.40. The summed E-state index contributed by atoms with van der Waals surface area (Å²) >= 11 is 0. The van der Waals surface area contributed by atoms with Gasteiger partial charge in [-0.15, -0.1) is 0 Å². The molecule has 0 saturated carbocycles. The van der Waals surface area contributed by atoms with E-state index >= 15 is 0 Å². The maximum atomic E-state index is 12.5. The minimum Gasteiger partial charge on any atom is -0.243 e. The van der Waals surface area contributed by atoms with Crippen molar-refractivity contribution in [3.8, 4) is 0 Å². The lowest BCUT2D eigenvalue weighted by molar-refractivity contribution is -0.354. The highest BCUT2D eigenvalue weighted by atomic mass is 19.4. The molecule has 0 N–H and O–H groups in total. The van der Waals surface area contributed by atoms with E-state index in [9.17, 15) is 52.7 Å². The molecule has 0 aliphatic carbocycles. The molecule has 0 radical (unpaired) electrons. The van der Waals surface area contributed by atoms with Crippen LogP contribution in [-0.4, -0.2) is 24.6 Å². The third kappa shape index (κ3) is 7.24. The van der Waals surface area contributed by atoms with Crippen molar-refractivity contribution < 1.29 is 57.4 Å². The summed E-state index contributed by atoms with van der Waals surface area (Å²) in [7, 11) is 0. The van der Waals surface area contributed by atoms with Crippen molar-refractivity contribution in [1.29, 1.82) is 0 Å². The number of rotatable bonds is 4. The zero-order valence-corrected chi connectivity index (χ0v) is 9.10. The number of halogens is 12. The first-order chi connectivity index (χ1) is 8.96. The second-order valence-electron chi connectivity index (χ2n) is 3.20. The molecule has 0 rings (SSSR count). The Labute approximate surface area is 107 Å². The fourth-order valence-corrected chi connectivity index (χ4v) is 0.714. The summed E-state index contributed by atoms with van der Waals surface area (Å²) in [5.74, 6) is -7.20. The Kier molecular flexibility index (Phi) is 5.39. The van der Waals surface area contributed by atoms with Crippen LogP contribution >= 0.6 is 0 Å². The first kappa shape index (κ1) is 19.6. The fourth-order valence-electron chi connectivity index (χ4n) is 0.714. The molecular formula is C8H2F12O. The van der Waals surface area contributed by atoms with Crippen LogP contribution in [0.2, 0.25) is 0 Å². The smallest absolute Gasteiger partial charge is 0.243 e. The van der Waals surface area contributed by atoms with E-state index in [-0.39, 0.29) is 0 Å². The second-order valence-corrected chi connectivity index (χ2v) is 3.20. The van der Waals surface area contributed by atoms with E-state index in [1.165, 1.54) is 0 Å². The molecule has 0 fully saturated rings. The summed E-state index contributed by atoms with van der Waals surface area (Å²) < 4.78 is 146. The van der Waals surface area contributed by atoms with Crippen molar-refractivity contribution in [1.82, 2.24) is 0 Å². The largest absolute Gasteiger partial charge is 0.414 e. The van der Waals surface area contributed by atoms with Gasteiger partial charge in [0.25, 0.3) is 0 Å². The average molecular weight is 342 g/mol. The van der Waals surface area contributed by atoms with Crippen LogP contribution in [0.5, 0.6) is 0 Å².